The number of nitrogens with zero attached hydrogens (tertiary/aromatic N) is 2. The van der Waals surface area contributed by atoms with Crippen molar-refractivity contribution in [3.05, 3.63) is 69.0 Å². The van der Waals surface area contributed by atoms with E-state index < -0.39 is 5.63 Å². The molecule has 4 rings (SSSR count). The molecule has 0 aliphatic heterocycles. The third kappa shape index (κ3) is 4.34. The summed E-state index contributed by atoms with van der Waals surface area (Å²) in [6.07, 6.45) is 0. The highest BCUT2D eigenvalue weighted by Gasteiger charge is 2.10. The number of hydrogen-bond acceptors (Lipinski definition) is 8. The van der Waals surface area contributed by atoms with Gasteiger partial charge in [0, 0.05) is 27.9 Å². The highest BCUT2D eigenvalue weighted by atomic mass is 35.5. The van der Waals surface area contributed by atoms with Gasteiger partial charge in [0.05, 0.1) is 11.5 Å². The summed E-state index contributed by atoms with van der Waals surface area (Å²) in [5.74, 6) is 0.621. The average Bonchev–Trinajstić information content (AvgIpc) is 2.59. The first kappa shape index (κ1) is 18.9. The van der Waals surface area contributed by atoms with E-state index in [-0.39, 0.29) is 23.2 Å². The van der Waals surface area contributed by atoms with Crippen molar-refractivity contribution in [2.45, 2.75) is 0 Å². The van der Waals surface area contributed by atoms with Crippen LogP contribution in [0.25, 0.3) is 11.0 Å². The lowest BCUT2D eigenvalue weighted by atomic mass is 10.2. The normalized spacial score (nSPS) is 10.8. The van der Waals surface area contributed by atoms with Crippen molar-refractivity contribution in [2.75, 3.05) is 11.1 Å². The van der Waals surface area contributed by atoms with E-state index in [2.05, 4.69) is 15.3 Å². The Hall–Kier alpha value is -3.49. The molecule has 0 atom stereocenters. The highest BCUT2D eigenvalue weighted by molar-refractivity contribution is 6.35. The van der Waals surface area contributed by atoms with Crippen molar-refractivity contribution >= 4 is 51.6 Å². The summed E-state index contributed by atoms with van der Waals surface area (Å²) >= 11 is 12.0. The van der Waals surface area contributed by atoms with E-state index in [0.29, 0.717) is 32.7 Å². The van der Waals surface area contributed by atoms with E-state index in [1.165, 1.54) is 12.1 Å². The molecule has 0 unspecified atom stereocenters. The molecule has 2 aromatic carbocycles. The van der Waals surface area contributed by atoms with Gasteiger partial charge in [0.25, 0.3) is 0 Å². The molecule has 0 bridgehead atoms. The molecule has 0 aliphatic rings. The van der Waals surface area contributed by atoms with Crippen LogP contribution in [0.3, 0.4) is 0 Å². The Labute approximate surface area is 173 Å². The van der Waals surface area contributed by atoms with Crippen LogP contribution in [0.1, 0.15) is 0 Å². The van der Waals surface area contributed by atoms with Crippen molar-refractivity contribution in [2.24, 2.45) is 0 Å². The Morgan fingerprint density at radius 2 is 1.79 bits per heavy atom. The molecule has 2 aromatic heterocycles. The molecule has 0 spiro atoms. The van der Waals surface area contributed by atoms with Gasteiger partial charge in [-0.05, 0) is 30.3 Å². The average molecular weight is 431 g/mol. The number of nitrogens with one attached hydrogen (secondary N) is 1. The summed E-state index contributed by atoms with van der Waals surface area (Å²) in [4.78, 5) is 19.6. The number of benzene rings is 2. The number of rotatable bonds is 4. The molecule has 2 heterocycles. The van der Waals surface area contributed by atoms with Crippen molar-refractivity contribution < 1.29 is 14.3 Å². The molecule has 0 fully saturated rings. The van der Waals surface area contributed by atoms with Crippen LogP contribution < -0.4 is 21.4 Å². The van der Waals surface area contributed by atoms with Crippen molar-refractivity contribution in [3.63, 3.8) is 0 Å². The molecule has 0 amide bonds. The minimum Gasteiger partial charge on any atom is -0.507 e. The fourth-order valence-electron chi connectivity index (χ4n) is 2.64. The van der Waals surface area contributed by atoms with Gasteiger partial charge in [-0.25, -0.2) is 4.79 Å². The maximum atomic E-state index is 11.5. The number of hydrogen-bond donors (Lipinski definition) is 3. The molecule has 0 saturated carbocycles. The monoisotopic (exact) mass is 430 g/mol. The van der Waals surface area contributed by atoms with Gasteiger partial charge in [0.15, 0.2) is 0 Å². The van der Waals surface area contributed by atoms with Gasteiger partial charge >= 0.3 is 5.63 Å². The summed E-state index contributed by atoms with van der Waals surface area (Å²) in [6.45, 7) is 0. The number of anilines is 3. The molecule has 4 aromatic rings. The third-order valence-electron chi connectivity index (χ3n) is 3.77. The van der Waals surface area contributed by atoms with Crippen molar-refractivity contribution in [1.29, 1.82) is 0 Å². The number of halogens is 2. The quantitative estimate of drug-likeness (QED) is 0.397. The minimum absolute atomic E-state index is 0.0249. The maximum Gasteiger partial charge on any atom is 0.339 e. The van der Waals surface area contributed by atoms with E-state index >= 15 is 0 Å². The Morgan fingerprint density at radius 1 is 1.03 bits per heavy atom. The number of nitrogen functional groups attached to an aromatic ring is 1. The lowest BCUT2D eigenvalue weighted by molar-refractivity contribution is 0.457. The fraction of sp³-hybridized carbons (Fsp3) is 0. The first-order chi connectivity index (χ1) is 13.9. The SMILES string of the molecule is Nc1nc(Nc2cc(Cl)cc(Cl)c2)cc(Oc2ccc3c(O)cc(=O)oc3c2)n1. The molecule has 10 heteroatoms. The van der Waals surface area contributed by atoms with Gasteiger partial charge in [-0.3, -0.25) is 0 Å². The van der Waals surface area contributed by atoms with E-state index in [0.717, 1.165) is 6.07 Å². The molecule has 8 nitrogen and oxygen atoms in total. The third-order valence-corrected chi connectivity index (χ3v) is 4.21. The molecular weight excluding hydrogens is 419 g/mol. The van der Waals surface area contributed by atoms with Gasteiger partial charge in [-0.15, -0.1) is 0 Å². The smallest absolute Gasteiger partial charge is 0.339 e. The zero-order valence-corrected chi connectivity index (χ0v) is 16.0. The van der Waals surface area contributed by atoms with Crippen LogP contribution in [-0.4, -0.2) is 15.1 Å². The Balaban J connectivity index is 1.64. The van der Waals surface area contributed by atoms with E-state index in [1.54, 1.807) is 30.3 Å². The first-order valence-electron chi connectivity index (χ1n) is 8.18. The molecular formula is C19H12Cl2N4O4. The molecule has 146 valence electrons. The summed E-state index contributed by atoms with van der Waals surface area (Å²) in [7, 11) is 0. The van der Waals surface area contributed by atoms with E-state index in [4.69, 9.17) is 38.1 Å². The predicted molar refractivity (Wildman–Crippen MR) is 110 cm³/mol. The zero-order chi connectivity index (χ0) is 20.5. The predicted octanol–water partition coefficient (Wildman–Crippen LogP) is 4.71. The minimum atomic E-state index is -0.676. The second-order valence-corrected chi connectivity index (χ2v) is 6.82. The van der Waals surface area contributed by atoms with Crippen LogP contribution in [0.2, 0.25) is 10.0 Å². The molecule has 4 N–H and O–H groups in total. The number of nitrogens with two attached hydrogens (primary N) is 1. The maximum absolute atomic E-state index is 11.5. The van der Waals surface area contributed by atoms with Crippen LogP contribution in [0, 0.1) is 0 Å². The molecule has 0 radical (unpaired) electrons. The van der Waals surface area contributed by atoms with Crippen LogP contribution in [0.4, 0.5) is 17.5 Å². The van der Waals surface area contributed by atoms with Gasteiger partial charge < -0.3 is 25.3 Å². The van der Waals surface area contributed by atoms with E-state index in [1.807, 2.05) is 0 Å². The number of ether oxygens (including phenoxy) is 1. The van der Waals surface area contributed by atoms with Gasteiger partial charge in [0.2, 0.25) is 11.8 Å². The Morgan fingerprint density at radius 3 is 2.55 bits per heavy atom. The Kier molecular flexibility index (Phi) is 4.87. The lowest BCUT2D eigenvalue weighted by Gasteiger charge is -2.10. The number of fused-ring (bicyclic) bond motifs is 1. The second-order valence-electron chi connectivity index (χ2n) is 5.94. The van der Waals surface area contributed by atoms with Gasteiger partial charge in [0.1, 0.15) is 22.9 Å². The molecule has 0 saturated heterocycles. The first-order valence-corrected chi connectivity index (χ1v) is 8.94. The van der Waals surface area contributed by atoms with Gasteiger partial charge in [-0.1, -0.05) is 23.2 Å². The Bertz CT molecular complexity index is 1270. The zero-order valence-electron chi connectivity index (χ0n) is 14.5. The van der Waals surface area contributed by atoms with Gasteiger partial charge in [-0.2, -0.15) is 9.97 Å². The topological polar surface area (TPSA) is 124 Å². The van der Waals surface area contributed by atoms with Crippen LogP contribution in [0.15, 0.2) is 57.7 Å². The summed E-state index contributed by atoms with van der Waals surface area (Å²) in [5.41, 5.74) is 5.87. The van der Waals surface area contributed by atoms with E-state index in [9.17, 15) is 9.90 Å². The molecule has 29 heavy (non-hydrogen) atoms. The van der Waals surface area contributed by atoms with Crippen molar-refractivity contribution in [1.82, 2.24) is 9.97 Å². The summed E-state index contributed by atoms with van der Waals surface area (Å²) in [6, 6.07) is 12.1. The lowest BCUT2D eigenvalue weighted by Crippen LogP contribution is -2.02. The molecule has 0 aliphatic carbocycles. The number of aromatic hydroxyl groups is 1. The largest absolute Gasteiger partial charge is 0.507 e. The summed E-state index contributed by atoms with van der Waals surface area (Å²) in [5, 5.41) is 14.1. The summed E-state index contributed by atoms with van der Waals surface area (Å²) < 4.78 is 10.8. The second kappa shape index (κ2) is 7.50. The van der Waals surface area contributed by atoms with Crippen LogP contribution in [-0.2, 0) is 0 Å². The van der Waals surface area contributed by atoms with Crippen LogP contribution in [0.5, 0.6) is 17.4 Å². The fourth-order valence-corrected chi connectivity index (χ4v) is 3.17. The number of aromatic nitrogens is 2. The standard InChI is InChI=1S/C19H12Cl2N4O4/c20-9-3-10(21)5-11(4-9)23-16-8-17(25-19(22)24-16)28-12-1-2-13-14(26)7-18(27)29-15(13)6-12/h1-8,26H,(H3,22,23,24,25). The highest BCUT2D eigenvalue weighted by Crippen LogP contribution is 2.30. The van der Waals surface area contributed by atoms with Crippen molar-refractivity contribution in [3.8, 4) is 17.4 Å². The van der Waals surface area contributed by atoms with Crippen LogP contribution >= 0.6 is 23.2 Å².